The van der Waals surface area contributed by atoms with Crippen molar-refractivity contribution in [3.05, 3.63) is 0 Å². The molecule has 0 bridgehead atoms. The number of hydrogen-bond acceptors (Lipinski definition) is 4. The maximum atomic E-state index is 11.7. The summed E-state index contributed by atoms with van der Waals surface area (Å²) >= 11 is 0. The highest BCUT2D eigenvalue weighted by atomic mass is 16.3. The SMILES string of the molecule is CC(C)CCC[C@@H](C)[C@H]1CCC2C3C(O)C[C@@H]4C[C@@H](NCCCCNCCCCN)CC[C@]4(C)C3CC[C@@]21C. The second-order valence-corrected chi connectivity index (χ2v) is 15.7. The molecule has 4 nitrogen and oxygen atoms in total. The first kappa shape index (κ1) is 31.8. The predicted octanol–water partition coefficient (Wildman–Crippen LogP) is 7.15. The largest absolute Gasteiger partial charge is 0.393 e. The highest BCUT2D eigenvalue weighted by Gasteiger charge is 2.62. The normalized spacial score (nSPS) is 40.8. The zero-order valence-electron chi connectivity index (χ0n) is 26.7. The van der Waals surface area contributed by atoms with Gasteiger partial charge in [-0.1, -0.05) is 53.9 Å². The van der Waals surface area contributed by atoms with Crippen LogP contribution in [0.1, 0.15) is 131 Å². The quantitative estimate of drug-likeness (QED) is 0.165. The van der Waals surface area contributed by atoms with Gasteiger partial charge in [-0.15, -0.1) is 0 Å². The minimum atomic E-state index is -0.0724. The van der Waals surface area contributed by atoms with Crippen LogP contribution in [-0.4, -0.2) is 43.4 Å². The molecule has 0 amide bonds. The third-order valence-electron chi connectivity index (χ3n) is 12.9. The standard InChI is InChI=1S/C35H67N3O/c1-25(2)11-10-12-26(3)29-13-14-30-33-31(16-18-35(29,30)5)34(4)17-15-28(23-27(34)24-32(33)39)38-22-9-8-21-37-20-7-6-19-36/h25-33,37-39H,6-24,36H2,1-5H3/t26-,27+,28+,29-,30?,31?,32?,33?,34+,35-/m1/s1. The minimum Gasteiger partial charge on any atom is -0.393 e. The van der Waals surface area contributed by atoms with Gasteiger partial charge in [0, 0.05) is 6.04 Å². The summed E-state index contributed by atoms with van der Waals surface area (Å²) in [6, 6.07) is 0.653. The van der Waals surface area contributed by atoms with Crippen LogP contribution in [0.4, 0.5) is 0 Å². The van der Waals surface area contributed by atoms with Crippen LogP contribution in [0, 0.1) is 52.3 Å². The first-order valence-corrected chi connectivity index (χ1v) is 17.5. The molecule has 0 heterocycles. The van der Waals surface area contributed by atoms with Crippen molar-refractivity contribution in [3.63, 3.8) is 0 Å². The van der Waals surface area contributed by atoms with Gasteiger partial charge >= 0.3 is 0 Å². The van der Waals surface area contributed by atoms with E-state index in [0.29, 0.717) is 28.7 Å². The van der Waals surface area contributed by atoms with Gasteiger partial charge in [0.2, 0.25) is 0 Å². The average Bonchev–Trinajstić information content (AvgIpc) is 3.25. The maximum absolute atomic E-state index is 11.7. The number of nitrogens with two attached hydrogens (primary N) is 1. The number of hydrogen-bond donors (Lipinski definition) is 4. The Bertz CT molecular complexity index is 729. The summed E-state index contributed by atoms with van der Waals surface area (Å²) < 4.78 is 0. The summed E-state index contributed by atoms with van der Waals surface area (Å²) in [7, 11) is 0. The number of rotatable bonds is 15. The lowest BCUT2D eigenvalue weighted by molar-refractivity contribution is -0.167. The Morgan fingerprint density at radius 1 is 0.795 bits per heavy atom. The number of aliphatic hydroxyl groups is 1. The molecule has 0 radical (unpaired) electrons. The zero-order chi connectivity index (χ0) is 28.0. The number of aliphatic hydroxyl groups excluding tert-OH is 1. The lowest BCUT2D eigenvalue weighted by Gasteiger charge is -2.62. The third kappa shape index (κ3) is 7.26. The molecule has 0 spiro atoms. The summed E-state index contributed by atoms with van der Waals surface area (Å²) in [6.45, 7) is 16.8. The molecule has 39 heavy (non-hydrogen) atoms. The maximum Gasteiger partial charge on any atom is 0.0577 e. The first-order valence-electron chi connectivity index (χ1n) is 17.5. The number of unbranched alkanes of at least 4 members (excludes halogenated alkanes) is 2. The highest BCUT2D eigenvalue weighted by molar-refractivity contribution is 5.12. The van der Waals surface area contributed by atoms with Crippen LogP contribution in [0.15, 0.2) is 0 Å². The molecule has 0 aliphatic heterocycles. The van der Waals surface area contributed by atoms with Crippen LogP contribution < -0.4 is 16.4 Å². The summed E-state index contributed by atoms with van der Waals surface area (Å²) in [4.78, 5) is 0. The van der Waals surface area contributed by atoms with Crippen molar-refractivity contribution >= 4 is 0 Å². The Morgan fingerprint density at radius 2 is 1.49 bits per heavy atom. The molecule has 4 fully saturated rings. The molecule has 0 saturated heterocycles. The van der Waals surface area contributed by atoms with Crippen LogP contribution in [0.5, 0.6) is 0 Å². The molecular weight excluding hydrogens is 478 g/mol. The van der Waals surface area contributed by atoms with E-state index < -0.39 is 0 Å². The van der Waals surface area contributed by atoms with E-state index in [1.165, 1.54) is 83.5 Å². The molecule has 4 rings (SSSR count). The fraction of sp³-hybridized carbons (Fsp3) is 1.00. The average molecular weight is 546 g/mol. The minimum absolute atomic E-state index is 0.0724. The molecule has 5 N–H and O–H groups in total. The summed E-state index contributed by atoms with van der Waals surface area (Å²) in [6.07, 6.45) is 19.6. The van der Waals surface area contributed by atoms with Crippen molar-refractivity contribution in [2.24, 2.45) is 58.0 Å². The van der Waals surface area contributed by atoms with E-state index in [1.807, 2.05) is 0 Å². The van der Waals surface area contributed by atoms with Gasteiger partial charge in [0.25, 0.3) is 0 Å². The second kappa shape index (κ2) is 14.3. The van der Waals surface area contributed by atoms with E-state index in [-0.39, 0.29) is 6.10 Å². The van der Waals surface area contributed by atoms with E-state index in [1.54, 1.807) is 0 Å². The second-order valence-electron chi connectivity index (χ2n) is 15.7. The van der Waals surface area contributed by atoms with Crippen molar-refractivity contribution in [1.29, 1.82) is 0 Å². The third-order valence-corrected chi connectivity index (χ3v) is 12.9. The van der Waals surface area contributed by atoms with Gasteiger partial charge in [0.1, 0.15) is 0 Å². The molecule has 4 aliphatic carbocycles. The summed E-state index contributed by atoms with van der Waals surface area (Å²) in [5.74, 6) is 5.28. The van der Waals surface area contributed by atoms with E-state index in [9.17, 15) is 5.11 Å². The van der Waals surface area contributed by atoms with Crippen molar-refractivity contribution in [2.75, 3.05) is 26.2 Å². The molecule has 0 aromatic carbocycles. The fourth-order valence-electron chi connectivity index (χ4n) is 10.6. The molecule has 4 unspecified atom stereocenters. The van der Waals surface area contributed by atoms with E-state index in [2.05, 4.69) is 45.3 Å². The smallest absolute Gasteiger partial charge is 0.0577 e. The van der Waals surface area contributed by atoms with Crippen LogP contribution in [-0.2, 0) is 0 Å². The number of fused-ring (bicyclic) bond motifs is 5. The van der Waals surface area contributed by atoms with Crippen molar-refractivity contribution in [3.8, 4) is 0 Å². The molecule has 10 atom stereocenters. The monoisotopic (exact) mass is 546 g/mol. The Balaban J connectivity index is 1.27. The van der Waals surface area contributed by atoms with E-state index in [4.69, 9.17) is 5.73 Å². The highest BCUT2D eigenvalue weighted by Crippen LogP contribution is 2.68. The topological polar surface area (TPSA) is 70.3 Å². The van der Waals surface area contributed by atoms with Gasteiger partial charge in [-0.25, -0.2) is 0 Å². The van der Waals surface area contributed by atoms with Crippen LogP contribution in [0.2, 0.25) is 0 Å². The van der Waals surface area contributed by atoms with Crippen LogP contribution >= 0.6 is 0 Å². The molecule has 0 aromatic rings. The molecule has 0 aromatic heterocycles. The Hall–Kier alpha value is -0.160. The van der Waals surface area contributed by atoms with Gasteiger partial charge in [-0.2, -0.15) is 0 Å². The van der Waals surface area contributed by atoms with Crippen LogP contribution in [0.3, 0.4) is 0 Å². The van der Waals surface area contributed by atoms with Crippen molar-refractivity contribution < 1.29 is 5.11 Å². The van der Waals surface area contributed by atoms with Crippen LogP contribution in [0.25, 0.3) is 0 Å². The molecule has 4 heteroatoms. The Labute approximate surface area is 242 Å². The fourth-order valence-corrected chi connectivity index (χ4v) is 10.6. The summed E-state index contributed by atoms with van der Waals surface area (Å²) in [5.41, 5.74) is 6.48. The number of nitrogens with one attached hydrogen (secondary N) is 2. The first-order chi connectivity index (χ1) is 18.7. The van der Waals surface area contributed by atoms with E-state index in [0.717, 1.165) is 68.6 Å². The lowest BCUT2D eigenvalue weighted by atomic mass is 9.43. The van der Waals surface area contributed by atoms with Gasteiger partial charge in [0.05, 0.1) is 6.10 Å². The Kier molecular flexibility index (Phi) is 11.7. The van der Waals surface area contributed by atoms with E-state index >= 15 is 0 Å². The summed E-state index contributed by atoms with van der Waals surface area (Å²) in [5, 5.41) is 19.2. The zero-order valence-corrected chi connectivity index (χ0v) is 26.7. The van der Waals surface area contributed by atoms with Gasteiger partial charge in [-0.3, -0.25) is 0 Å². The molecule has 4 saturated carbocycles. The lowest BCUT2D eigenvalue weighted by Crippen LogP contribution is -2.59. The van der Waals surface area contributed by atoms with Crippen molar-refractivity contribution in [1.82, 2.24) is 10.6 Å². The molecule has 228 valence electrons. The predicted molar refractivity (Wildman–Crippen MR) is 167 cm³/mol. The Morgan fingerprint density at radius 3 is 2.23 bits per heavy atom. The molecule has 4 aliphatic rings. The van der Waals surface area contributed by atoms with Gasteiger partial charge < -0.3 is 21.5 Å². The van der Waals surface area contributed by atoms with Gasteiger partial charge in [-0.05, 0) is 155 Å². The molecular formula is C35H67N3O. The van der Waals surface area contributed by atoms with Crippen molar-refractivity contribution in [2.45, 2.75) is 143 Å². The van der Waals surface area contributed by atoms with Gasteiger partial charge in [0.15, 0.2) is 0 Å².